The molecule has 1 N–H and O–H groups in total. The molecule has 3 rings (SSSR count). The van der Waals surface area contributed by atoms with Crippen molar-refractivity contribution in [3.63, 3.8) is 0 Å². The van der Waals surface area contributed by atoms with Crippen molar-refractivity contribution in [2.45, 2.75) is 46.3 Å². The summed E-state index contributed by atoms with van der Waals surface area (Å²) in [5, 5.41) is 0. The number of esters is 1. The molecule has 7 nitrogen and oxygen atoms in total. The second-order valence-corrected chi connectivity index (χ2v) is 7.66. The van der Waals surface area contributed by atoms with Crippen molar-refractivity contribution >= 4 is 27.8 Å². The summed E-state index contributed by atoms with van der Waals surface area (Å²) in [7, 11) is 0. The van der Waals surface area contributed by atoms with E-state index < -0.39 is 0 Å². The van der Waals surface area contributed by atoms with Crippen LogP contribution < -0.4 is 0 Å². The molecular formula is C20H25BrN2O5. The van der Waals surface area contributed by atoms with Gasteiger partial charge in [-0.2, -0.15) is 0 Å². The molecule has 152 valence electrons. The van der Waals surface area contributed by atoms with E-state index in [1.807, 2.05) is 13.8 Å². The Kier molecular flexibility index (Phi) is 6.61. The predicted molar refractivity (Wildman–Crippen MR) is 106 cm³/mol. The van der Waals surface area contributed by atoms with Crippen molar-refractivity contribution in [3.05, 3.63) is 45.1 Å². The fourth-order valence-electron chi connectivity index (χ4n) is 3.46. The maximum absolute atomic E-state index is 13.1. The maximum Gasteiger partial charge on any atom is 0.355 e. The zero-order valence-electron chi connectivity index (χ0n) is 16.3. The molecule has 0 spiro atoms. The predicted octanol–water partition coefficient (Wildman–Crippen LogP) is 3.99. The van der Waals surface area contributed by atoms with Crippen molar-refractivity contribution in [1.29, 1.82) is 0 Å². The van der Waals surface area contributed by atoms with Gasteiger partial charge in [0.1, 0.15) is 5.69 Å². The molecule has 2 aromatic rings. The Hall–Kier alpha value is -2.06. The van der Waals surface area contributed by atoms with Crippen LogP contribution >= 0.6 is 15.9 Å². The normalized spacial score (nSPS) is 16.4. The minimum absolute atomic E-state index is 0.00596. The van der Waals surface area contributed by atoms with Gasteiger partial charge in [-0.15, -0.1) is 0 Å². The number of carbonyl (C=O) groups excluding carboxylic acids is 2. The van der Waals surface area contributed by atoms with Crippen molar-refractivity contribution in [3.8, 4) is 0 Å². The Labute approximate surface area is 172 Å². The van der Waals surface area contributed by atoms with Crippen molar-refractivity contribution in [2.24, 2.45) is 0 Å². The highest BCUT2D eigenvalue weighted by Crippen LogP contribution is 2.24. The summed E-state index contributed by atoms with van der Waals surface area (Å²) >= 11 is 3.24. The number of hydrogen-bond acceptors (Lipinski definition) is 5. The third-order valence-electron chi connectivity index (χ3n) is 4.94. The zero-order valence-corrected chi connectivity index (χ0v) is 17.9. The first-order valence-corrected chi connectivity index (χ1v) is 10.2. The van der Waals surface area contributed by atoms with E-state index in [-0.39, 0.29) is 23.7 Å². The molecule has 1 aliphatic heterocycles. The molecule has 0 bridgehead atoms. The van der Waals surface area contributed by atoms with Crippen LogP contribution in [0, 0.1) is 13.8 Å². The molecule has 1 aliphatic rings. The lowest BCUT2D eigenvalue weighted by atomic mass is 10.1. The fourth-order valence-corrected chi connectivity index (χ4v) is 3.77. The summed E-state index contributed by atoms with van der Waals surface area (Å²) in [5.74, 6) is -0.332. The van der Waals surface area contributed by atoms with E-state index in [4.69, 9.17) is 13.9 Å². The highest BCUT2D eigenvalue weighted by Gasteiger charge is 2.28. The summed E-state index contributed by atoms with van der Waals surface area (Å²) in [4.78, 5) is 30.1. The number of hydrogen-bond donors (Lipinski definition) is 1. The summed E-state index contributed by atoms with van der Waals surface area (Å²) in [6.45, 7) is 7.37. The molecule has 1 amide bonds. The van der Waals surface area contributed by atoms with Gasteiger partial charge in [-0.1, -0.05) is 0 Å². The molecule has 0 saturated carbocycles. The average Bonchev–Trinajstić information content (AvgIpc) is 3.38. The number of furan rings is 1. The van der Waals surface area contributed by atoms with Crippen molar-refractivity contribution in [2.75, 3.05) is 19.8 Å². The van der Waals surface area contributed by atoms with Gasteiger partial charge in [-0.25, -0.2) is 4.79 Å². The van der Waals surface area contributed by atoms with Gasteiger partial charge in [0.15, 0.2) is 10.4 Å². The van der Waals surface area contributed by atoms with E-state index in [1.54, 1.807) is 24.0 Å². The lowest BCUT2D eigenvalue weighted by Gasteiger charge is -2.25. The van der Waals surface area contributed by atoms with Crippen molar-refractivity contribution < 1.29 is 23.5 Å². The second kappa shape index (κ2) is 8.96. The van der Waals surface area contributed by atoms with Gasteiger partial charge in [0.05, 0.1) is 12.7 Å². The van der Waals surface area contributed by atoms with E-state index in [9.17, 15) is 9.59 Å². The number of nitrogens with one attached hydrogen (secondary N) is 1. The first-order valence-electron chi connectivity index (χ1n) is 9.42. The Bertz CT molecular complexity index is 851. The SMILES string of the molecule is CCOC(=O)c1[nH]c(C)c(CN(C[C@@H]2CCCO2)C(=O)c2ccc(Br)o2)c1C. The molecular weight excluding hydrogens is 428 g/mol. The summed E-state index contributed by atoms with van der Waals surface area (Å²) in [6.07, 6.45) is 1.92. The number of aromatic amines is 1. The number of carbonyl (C=O) groups is 2. The zero-order chi connectivity index (χ0) is 20.3. The number of H-pyrrole nitrogens is 1. The number of aryl methyl sites for hydroxylation is 1. The molecule has 1 saturated heterocycles. The van der Waals surface area contributed by atoms with Crippen LogP contribution in [0.5, 0.6) is 0 Å². The molecule has 28 heavy (non-hydrogen) atoms. The number of ether oxygens (including phenoxy) is 2. The minimum atomic E-state index is -0.388. The van der Waals surface area contributed by atoms with Gasteiger partial charge in [0.25, 0.3) is 5.91 Å². The van der Waals surface area contributed by atoms with E-state index in [0.29, 0.717) is 36.7 Å². The molecule has 0 aliphatic carbocycles. The van der Waals surface area contributed by atoms with Crippen LogP contribution in [-0.4, -0.2) is 47.6 Å². The third-order valence-corrected chi connectivity index (χ3v) is 5.37. The van der Waals surface area contributed by atoms with Crippen molar-refractivity contribution in [1.82, 2.24) is 9.88 Å². The topological polar surface area (TPSA) is 84.8 Å². The highest BCUT2D eigenvalue weighted by molar-refractivity contribution is 9.10. The summed E-state index contributed by atoms with van der Waals surface area (Å²) in [6, 6.07) is 3.35. The number of rotatable bonds is 7. The van der Waals surface area contributed by atoms with E-state index >= 15 is 0 Å². The molecule has 0 radical (unpaired) electrons. The Morgan fingerprint density at radius 1 is 1.36 bits per heavy atom. The smallest absolute Gasteiger partial charge is 0.355 e. The molecule has 3 heterocycles. The van der Waals surface area contributed by atoms with Crippen LogP contribution in [-0.2, 0) is 16.0 Å². The highest BCUT2D eigenvalue weighted by atomic mass is 79.9. The number of halogens is 1. The van der Waals surface area contributed by atoms with Gasteiger partial charge >= 0.3 is 5.97 Å². The first-order chi connectivity index (χ1) is 13.4. The van der Waals surface area contributed by atoms with Gasteiger partial charge in [0, 0.05) is 25.4 Å². The number of aromatic nitrogens is 1. The van der Waals surface area contributed by atoms with E-state index in [1.165, 1.54) is 0 Å². The average molecular weight is 453 g/mol. The van der Waals surface area contributed by atoms with Gasteiger partial charge < -0.3 is 23.8 Å². The Morgan fingerprint density at radius 2 is 2.14 bits per heavy atom. The number of nitrogens with zero attached hydrogens (tertiary/aromatic N) is 1. The maximum atomic E-state index is 13.1. The van der Waals surface area contributed by atoms with Crippen LogP contribution in [0.4, 0.5) is 0 Å². The van der Waals surface area contributed by atoms with Gasteiger partial charge in [-0.05, 0) is 72.8 Å². The standard InChI is InChI=1S/C20H25BrN2O5/c1-4-26-20(25)18-12(2)15(13(3)22-18)11-23(10-14-6-5-9-27-14)19(24)16-7-8-17(21)28-16/h7-8,14,22H,4-6,9-11H2,1-3H3/t14-/m0/s1. The Balaban J connectivity index is 1.86. The lowest BCUT2D eigenvalue weighted by molar-refractivity contribution is 0.0482. The van der Waals surface area contributed by atoms with Crippen LogP contribution in [0.15, 0.2) is 21.2 Å². The van der Waals surface area contributed by atoms with Gasteiger partial charge in [0.2, 0.25) is 0 Å². The second-order valence-electron chi connectivity index (χ2n) is 6.87. The molecule has 1 atom stereocenters. The monoisotopic (exact) mass is 452 g/mol. The molecule has 8 heteroatoms. The van der Waals surface area contributed by atoms with Crippen LogP contribution in [0.1, 0.15) is 57.6 Å². The molecule has 0 unspecified atom stereocenters. The number of amides is 1. The largest absolute Gasteiger partial charge is 0.461 e. The summed E-state index contributed by atoms with van der Waals surface area (Å²) in [5.41, 5.74) is 2.97. The van der Waals surface area contributed by atoms with E-state index in [2.05, 4.69) is 20.9 Å². The van der Waals surface area contributed by atoms with Crippen LogP contribution in [0.3, 0.4) is 0 Å². The van der Waals surface area contributed by atoms with Crippen LogP contribution in [0.2, 0.25) is 0 Å². The first kappa shape index (κ1) is 20.7. The summed E-state index contributed by atoms with van der Waals surface area (Å²) < 4.78 is 16.8. The third kappa shape index (κ3) is 4.50. The minimum Gasteiger partial charge on any atom is -0.461 e. The van der Waals surface area contributed by atoms with E-state index in [0.717, 1.165) is 29.7 Å². The Morgan fingerprint density at radius 3 is 2.75 bits per heavy atom. The molecule has 1 fully saturated rings. The fraction of sp³-hybridized carbons (Fsp3) is 0.500. The quantitative estimate of drug-likeness (QED) is 0.641. The lowest BCUT2D eigenvalue weighted by Crippen LogP contribution is -2.37. The molecule has 0 aromatic carbocycles. The van der Waals surface area contributed by atoms with Crippen LogP contribution in [0.25, 0.3) is 0 Å². The molecule has 2 aromatic heterocycles. The van der Waals surface area contributed by atoms with Gasteiger partial charge in [-0.3, -0.25) is 4.79 Å².